The van der Waals surface area contributed by atoms with Crippen LogP contribution in [0, 0.1) is 0 Å². The molecule has 0 atom stereocenters. The average Bonchev–Trinajstić information content (AvgIpc) is 2.48. The van der Waals surface area contributed by atoms with Crippen molar-refractivity contribution >= 4 is 5.91 Å². The average molecular weight is 262 g/mol. The highest BCUT2D eigenvalue weighted by atomic mass is 16.5. The number of piperazine rings is 1. The van der Waals surface area contributed by atoms with Crippen molar-refractivity contribution in [3.05, 3.63) is 30.3 Å². The van der Waals surface area contributed by atoms with Gasteiger partial charge in [-0.15, -0.1) is 0 Å². The molecule has 1 fully saturated rings. The van der Waals surface area contributed by atoms with E-state index in [9.17, 15) is 4.79 Å². The molecule has 0 unspecified atom stereocenters. The molecule has 104 valence electrons. The Hall–Kier alpha value is -1.55. The summed E-state index contributed by atoms with van der Waals surface area (Å²) in [5.74, 6) is 1.03. The summed E-state index contributed by atoms with van der Waals surface area (Å²) in [6.07, 6.45) is 0.459. The van der Waals surface area contributed by atoms with E-state index in [0.717, 1.165) is 38.5 Å². The summed E-state index contributed by atoms with van der Waals surface area (Å²) in [4.78, 5) is 16.3. The third-order valence-corrected chi connectivity index (χ3v) is 3.50. The topological polar surface area (TPSA) is 32.8 Å². The molecule has 1 aromatic carbocycles. The van der Waals surface area contributed by atoms with E-state index in [1.54, 1.807) is 0 Å². The number of rotatable bonds is 5. The van der Waals surface area contributed by atoms with Gasteiger partial charge in [-0.05, 0) is 18.7 Å². The molecule has 0 radical (unpaired) electrons. The second-order valence-corrected chi connectivity index (χ2v) is 4.73. The molecule has 19 heavy (non-hydrogen) atoms. The van der Waals surface area contributed by atoms with Gasteiger partial charge in [0.05, 0.1) is 13.0 Å². The van der Waals surface area contributed by atoms with Gasteiger partial charge in [-0.3, -0.25) is 4.79 Å². The highest BCUT2D eigenvalue weighted by Gasteiger charge is 2.19. The number of amides is 1. The lowest BCUT2D eigenvalue weighted by Gasteiger charge is -2.34. The van der Waals surface area contributed by atoms with Gasteiger partial charge in [-0.1, -0.05) is 25.1 Å². The van der Waals surface area contributed by atoms with Crippen LogP contribution in [0.1, 0.15) is 13.3 Å². The molecule has 0 spiro atoms. The Kier molecular flexibility index (Phi) is 5.21. The molecule has 4 nitrogen and oxygen atoms in total. The van der Waals surface area contributed by atoms with E-state index >= 15 is 0 Å². The summed E-state index contributed by atoms with van der Waals surface area (Å²) in [7, 11) is 0. The van der Waals surface area contributed by atoms with Gasteiger partial charge in [0.15, 0.2) is 0 Å². The number of para-hydroxylation sites is 1. The maximum absolute atomic E-state index is 12.0. The quantitative estimate of drug-likeness (QED) is 0.808. The fourth-order valence-electron chi connectivity index (χ4n) is 2.24. The van der Waals surface area contributed by atoms with Crippen molar-refractivity contribution in [2.24, 2.45) is 0 Å². The predicted octanol–water partition coefficient (Wildman–Crippen LogP) is 1.62. The summed E-state index contributed by atoms with van der Waals surface area (Å²) in [6, 6.07) is 9.63. The second kappa shape index (κ2) is 7.14. The van der Waals surface area contributed by atoms with Crippen LogP contribution in [0.15, 0.2) is 30.3 Å². The van der Waals surface area contributed by atoms with Crippen LogP contribution in [0.4, 0.5) is 0 Å². The van der Waals surface area contributed by atoms with Crippen molar-refractivity contribution < 1.29 is 9.53 Å². The molecule has 0 N–H and O–H groups in total. The molecular formula is C15H22N2O2. The molecule has 1 heterocycles. The van der Waals surface area contributed by atoms with Gasteiger partial charge in [0.25, 0.3) is 0 Å². The fourth-order valence-corrected chi connectivity index (χ4v) is 2.24. The smallest absolute Gasteiger partial charge is 0.226 e. The zero-order valence-electron chi connectivity index (χ0n) is 11.5. The Labute approximate surface area is 115 Å². The van der Waals surface area contributed by atoms with Crippen LogP contribution in [0.5, 0.6) is 5.75 Å². The number of hydrogen-bond donors (Lipinski definition) is 0. The van der Waals surface area contributed by atoms with Crippen molar-refractivity contribution in [2.45, 2.75) is 13.3 Å². The molecule has 1 amide bonds. The SMILES string of the molecule is CCN1CCN(C(=O)CCOc2ccccc2)CC1. The normalized spacial score (nSPS) is 16.4. The van der Waals surface area contributed by atoms with Crippen LogP contribution >= 0.6 is 0 Å². The minimum absolute atomic E-state index is 0.201. The summed E-state index contributed by atoms with van der Waals surface area (Å²) in [5, 5.41) is 0. The molecule has 1 aliphatic heterocycles. The lowest BCUT2D eigenvalue weighted by molar-refractivity contribution is -0.133. The minimum atomic E-state index is 0.201. The Morgan fingerprint density at radius 3 is 2.47 bits per heavy atom. The van der Waals surface area contributed by atoms with Crippen LogP contribution in [0.25, 0.3) is 0 Å². The van der Waals surface area contributed by atoms with Crippen LogP contribution in [0.3, 0.4) is 0 Å². The number of carbonyl (C=O) groups excluding carboxylic acids is 1. The first-order valence-electron chi connectivity index (χ1n) is 6.97. The zero-order valence-corrected chi connectivity index (χ0v) is 11.5. The van der Waals surface area contributed by atoms with E-state index in [0.29, 0.717) is 13.0 Å². The van der Waals surface area contributed by atoms with Crippen molar-refractivity contribution in [1.29, 1.82) is 0 Å². The first-order valence-corrected chi connectivity index (χ1v) is 6.97. The minimum Gasteiger partial charge on any atom is -0.493 e. The Bertz CT molecular complexity index is 386. The molecule has 4 heteroatoms. The molecule has 1 saturated heterocycles. The van der Waals surface area contributed by atoms with E-state index < -0.39 is 0 Å². The van der Waals surface area contributed by atoms with Crippen molar-refractivity contribution in [3.63, 3.8) is 0 Å². The van der Waals surface area contributed by atoms with Crippen LogP contribution in [0.2, 0.25) is 0 Å². The van der Waals surface area contributed by atoms with Crippen molar-refractivity contribution in [1.82, 2.24) is 9.80 Å². The maximum Gasteiger partial charge on any atom is 0.226 e. The van der Waals surface area contributed by atoms with Crippen molar-refractivity contribution in [2.75, 3.05) is 39.3 Å². The third kappa shape index (κ3) is 4.24. The molecular weight excluding hydrogens is 240 g/mol. The third-order valence-electron chi connectivity index (χ3n) is 3.50. The number of likely N-dealkylation sites (N-methyl/N-ethyl adjacent to an activating group) is 1. The Morgan fingerprint density at radius 2 is 1.84 bits per heavy atom. The highest BCUT2D eigenvalue weighted by molar-refractivity contribution is 5.76. The monoisotopic (exact) mass is 262 g/mol. The standard InChI is InChI=1S/C15H22N2O2/c1-2-16-9-11-17(12-10-16)15(18)8-13-19-14-6-4-3-5-7-14/h3-7H,2,8-13H2,1H3. The molecule has 0 bridgehead atoms. The lowest BCUT2D eigenvalue weighted by atomic mass is 10.3. The first-order chi connectivity index (χ1) is 9.29. The van der Waals surface area contributed by atoms with Gasteiger partial charge in [-0.2, -0.15) is 0 Å². The maximum atomic E-state index is 12.0. The van der Waals surface area contributed by atoms with Crippen LogP contribution in [-0.2, 0) is 4.79 Å². The molecule has 0 aliphatic carbocycles. The molecule has 2 rings (SSSR count). The molecule has 1 aliphatic rings. The zero-order chi connectivity index (χ0) is 13.5. The van der Waals surface area contributed by atoms with Gasteiger partial charge in [0.2, 0.25) is 5.91 Å². The Balaban J connectivity index is 1.67. The van der Waals surface area contributed by atoms with E-state index in [4.69, 9.17) is 4.74 Å². The van der Waals surface area contributed by atoms with Gasteiger partial charge in [0, 0.05) is 26.2 Å². The van der Waals surface area contributed by atoms with E-state index in [1.807, 2.05) is 35.2 Å². The van der Waals surface area contributed by atoms with E-state index in [-0.39, 0.29) is 5.91 Å². The number of carbonyl (C=O) groups is 1. The van der Waals surface area contributed by atoms with Gasteiger partial charge < -0.3 is 14.5 Å². The first kappa shape index (κ1) is 13.9. The fraction of sp³-hybridized carbons (Fsp3) is 0.533. The van der Waals surface area contributed by atoms with Gasteiger partial charge in [-0.25, -0.2) is 0 Å². The molecule has 1 aromatic rings. The Morgan fingerprint density at radius 1 is 1.16 bits per heavy atom. The summed E-state index contributed by atoms with van der Waals surface area (Å²) < 4.78 is 5.55. The number of hydrogen-bond acceptors (Lipinski definition) is 3. The predicted molar refractivity (Wildman–Crippen MR) is 75.2 cm³/mol. The van der Waals surface area contributed by atoms with Gasteiger partial charge >= 0.3 is 0 Å². The van der Waals surface area contributed by atoms with Crippen molar-refractivity contribution in [3.8, 4) is 5.75 Å². The lowest BCUT2D eigenvalue weighted by Crippen LogP contribution is -2.48. The summed E-state index contributed by atoms with van der Waals surface area (Å²) in [5.41, 5.74) is 0. The van der Waals surface area contributed by atoms with E-state index in [2.05, 4.69) is 11.8 Å². The van der Waals surface area contributed by atoms with Gasteiger partial charge in [0.1, 0.15) is 5.75 Å². The number of nitrogens with zero attached hydrogens (tertiary/aromatic N) is 2. The summed E-state index contributed by atoms with van der Waals surface area (Å²) >= 11 is 0. The van der Waals surface area contributed by atoms with Crippen LogP contribution < -0.4 is 4.74 Å². The molecule has 0 aromatic heterocycles. The number of benzene rings is 1. The van der Waals surface area contributed by atoms with Crippen LogP contribution in [-0.4, -0.2) is 55.0 Å². The summed E-state index contributed by atoms with van der Waals surface area (Å²) in [6.45, 7) is 7.35. The highest BCUT2D eigenvalue weighted by Crippen LogP contribution is 2.09. The second-order valence-electron chi connectivity index (χ2n) is 4.73. The largest absolute Gasteiger partial charge is 0.493 e. The number of ether oxygens (including phenoxy) is 1. The van der Waals surface area contributed by atoms with E-state index in [1.165, 1.54) is 0 Å². The molecule has 0 saturated carbocycles.